The van der Waals surface area contributed by atoms with E-state index >= 15 is 0 Å². The zero-order valence-electron chi connectivity index (χ0n) is 15.0. The first-order valence-corrected chi connectivity index (χ1v) is 8.61. The third kappa shape index (κ3) is 3.23. The van der Waals surface area contributed by atoms with Crippen LogP contribution in [-0.2, 0) is 0 Å². The van der Waals surface area contributed by atoms with Crippen molar-refractivity contribution in [2.24, 2.45) is 0 Å². The quantitative estimate of drug-likeness (QED) is 0.404. The second-order valence-corrected chi connectivity index (χ2v) is 6.01. The van der Waals surface area contributed by atoms with E-state index in [1.807, 2.05) is 6.07 Å². The molecule has 6 nitrogen and oxygen atoms in total. The monoisotopic (exact) mass is 372 g/mol. The molecule has 0 bridgehead atoms. The van der Waals surface area contributed by atoms with Crippen LogP contribution in [0.2, 0.25) is 0 Å². The number of aromatic nitrogens is 2. The summed E-state index contributed by atoms with van der Waals surface area (Å²) in [5, 5.41) is 5.14. The van der Waals surface area contributed by atoms with Gasteiger partial charge in [0.2, 0.25) is 0 Å². The molecule has 4 rings (SSSR count). The van der Waals surface area contributed by atoms with Crippen molar-refractivity contribution in [1.29, 1.82) is 0 Å². The number of ether oxygens (including phenoxy) is 2. The number of nitrogens with zero attached hydrogens (tertiary/aromatic N) is 2. The van der Waals surface area contributed by atoms with Crippen molar-refractivity contribution in [1.82, 2.24) is 9.78 Å². The van der Waals surface area contributed by atoms with Crippen molar-refractivity contribution < 1.29 is 14.3 Å². The molecular formula is C22H16N2O4. The number of carbonyl (C=O) groups is 1. The van der Waals surface area contributed by atoms with Crippen LogP contribution < -0.4 is 15.0 Å². The number of carbonyl (C=O) groups excluding carboxylic acids is 1. The largest absolute Gasteiger partial charge is 0.497 e. The Kier molecular flexibility index (Phi) is 4.60. The fraction of sp³-hybridized carbons (Fsp3) is 0.0455. The normalized spacial score (nSPS) is 10.6. The van der Waals surface area contributed by atoms with Gasteiger partial charge in [-0.3, -0.25) is 4.79 Å². The second-order valence-electron chi connectivity index (χ2n) is 6.01. The standard InChI is InChI=1S/C22H16N2O4/c1-27-16-13-11-15(12-14-16)24-21(25)19-10-6-5-9-18(19)20(23-24)22(26)28-17-7-3-2-4-8-17/h2-14H,1H3. The van der Waals surface area contributed by atoms with E-state index in [9.17, 15) is 9.59 Å². The van der Waals surface area contributed by atoms with E-state index in [2.05, 4.69) is 5.10 Å². The van der Waals surface area contributed by atoms with Crippen molar-refractivity contribution in [2.45, 2.75) is 0 Å². The lowest BCUT2D eigenvalue weighted by atomic mass is 10.1. The van der Waals surface area contributed by atoms with Gasteiger partial charge in [0.1, 0.15) is 11.5 Å². The minimum Gasteiger partial charge on any atom is -0.497 e. The number of hydrogen-bond donors (Lipinski definition) is 0. The zero-order chi connectivity index (χ0) is 19.5. The van der Waals surface area contributed by atoms with Crippen LogP contribution in [0.3, 0.4) is 0 Å². The summed E-state index contributed by atoms with van der Waals surface area (Å²) in [6, 6.07) is 22.4. The molecule has 4 aromatic rings. The molecule has 0 saturated carbocycles. The lowest BCUT2D eigenvalue weighted by molar-refractivity contribution is 0.0729. The van der Waals surface area contributed by atoms with Gasteiger partial charge >= 0.3 is 5.97 Å². The van der Waals surface area contributed by atoms with E-state index in [0.717, 1.165) is 0 Å². The van der Waals surface area contributed by atoms with Crippen molar-refractivity contribution in [3.8, 4) is 17.2 Å². The first-order chi connectivity index (χ1) is 13.7. The number of rotatable bonds is 4. The third-order valence-electron chi connectivity index (χ3n) is 4.27. The Labute approximate surface area is 160 Å². The van der Waals surface area contributed by atoms with Gasteiger partial charge in [0.15, 0.2) is 5.69 Å². The maximum atomic E-state index is 12.9. The van der Waals surface area contributed by atoms with E-state index in [1.54, 1.807) is 79.9 Å². The third-order valence-corrected chi connectivity index (χ3v) is 4.27. The highest BCUT2D eigenvalue weighted by atomic mass is 16.5. The molecule has 3 aromatic carbocycles. The Morgan fingerprint density at radius 1 is 0.821 bits per heavy atom. The summed E-state index contributed by atoms with van der Waals surface area (Å²) in [6.07, 6.45) is 0. The van der Waals surface area contributed by atoms with Crippen molar-refractivity contribution in [2.75, 3.05) is 7.11 Å². The number of hydrogen-bond acceptors (Lipinski definition) is 5. The van der Waals surface area contributed by atoms with Gasteiger partial charge < -0.3 is 9.47 Å². The van der Waals surface area contributed by atoms with Crippen LogP contribution in [0.25, 0.3) is 16.5 Å². The molecule has 1 heterocycles. The maximum Gasteiger partial charge on any atom is 0.364 e. The summed E-state index contributed by atoms with van der Waals surface area (Å²) in [6.45, 7) is 0. The highest BCUT2D eigenvalue weighted by Crippen LogP contribution is 2.19. The minimum atomic E-state index is -0.635. The Hall–Kier alpha value is -3.93. The first kappa shape index (κ1) is 17.5. The van der Waals surface area contributed by atoms with Gasteiger partial charge in [-0.15, -0.1) is 0 Å². The highest BCUT2D eigenvalue weighted by molar-refractivity contribution is 6.03. The maximum absolute atomic E-state index is 12.9. The van der Waals surface area contributed by atoms with Crippen LogP contribution in [-0.4, -0.2) is 22.9 Å². The lowest BCUT2D eigenvalue weighted by Gasteiger charge is -2.11. The summed E-state index contributed by atoms with van der Waals surface area (Å²) < 4.78 is 11.8. The topological polar surface area (TPSA) is 70.4 Å². The molecular weight excluding hydrogens is 356 g/mol. The van der Waals surface area contributed by atoms with Gasteiger partial charge in [-0.1, -0.05) is 36.4 Å². The molecule has 0 radical (unpaired) electrons. The molecule has 138 valence electrons. The average Bonchev–Trinajstić information content (AvgIpc) is 2.75. The predicted octanol–water partition coefficient (Wildman–Crippen LogP) is 3.61. The molecule has 6 heteroatoms. The average molecular weight is 372 g/mol. The Morgan fingerprint density at radius 2 is 1.46 bits per heavy atom. The summed E-state index contributed by atoms with van der Waals surface area (Å²) >= 11 is 0. The lowest BCUT2D eigenvalue weighted by Crippen LogP contribution is -2.25. The molecule has 0 amide bonds. The van der Waals surface area contributed by atoms with Crippen LogP contribution in [0.15, 0.2) is 83.7 Å². The SMILES string of the molecule is COc1ccc(-n2nc(C(=O)Oc3ccccc3)c3ccccc3c2=O)cc1. The van der Waals surface area contributed by atoms with Crippen LogP contribution in [0.4, 0.5) is 0 Å². The molecule has 0 spiro atoms. The van der Waals surface area contributed by atoms with Crippen LogP contribution in [0.5, 0.6) is 11.5 Å². The Morgan fingerprint density at radius 3 is 2.14 bits per heavy atom. The van der Waals surface area contributed by atoms with Crippen LogP contribution in [0.1, 0.15) is 10.5 Å². The van der Waals surface area contributed by atoms with Gasteiger partial charge in [0, 0.05) is 5.39 Å². The summed E-state index contributed by atoms with van der Waals surface area (Å²) in [7, 11) is 1.56. The molecule has 28 heavy (non-hydrogen) atoms. The highest BCUT2D eigenvalue weighted by Gasteiger charge is 2.19. The molecule has 0 atom stereocenters. The van der Waals surface area contributed by atoms with Gasteiger partial charge in [0.25, 0.3) is 5.56 Å². The van der Waals surface area contributed by atoms with Gasteiger partial charge in [0.05, 0.1) is 18.2 Å². The summed E-state index contributed by atoms with van der Waals surface area (Å²) in [5.74, 6) is 0.423. The fourth-order valence-electron chi connectivity index (χ4n) is 2.88. The van der Waals surface area contributed by atoms with Gasteiger partial charge in [-0.2, -0.15) is 9.78 Å². The van der Waals surface area contributed by atoms with E-state index in [4.69, 9.17) is 9.47 Å². The van der Waals surface area contributed by atoms with Crippen molar-refractivity contribution >= 4 is 16.7 Å². The number of fused-ring (bicyclic) bond motifs is 1. The Bertz CT molecular complexity index is 1200. The number of methoxy groups -OCH3 is 1. The minimum absolute atomic E-state index is 0.0647. The van der Waals surface area contributed by atoms with E-state index in [-0.39, 0.29) is 11.3 Å². The molecule has 0 saturated heterocycles. The number of para-hydroxylation sites is 1. The fourth-order valence-corrected chi connectivity index (χ4v) is 2.88. The zero-order valence-corrected chi connectivity index (χ0v) is 15.0. The molecule has 0 aliphatic heterocycles. The molecule has 0 aliphatic rings. The number of benzene rings is 3. The second kappa shape index (κ2) is 7.36. The molecule has 0 fully saturated rings. The van der Waals surface area contributed by atoms with Crippen LogP contribution >= 0.6 is 0 Å². The summed E-state index contributed by atoms with van der Waals surface area (Å²) in [5.41, 5.74) is 0.261. The van der Waals surface area contributed by atoms with E-state index < -0.39 is 5.97 Å². The molecule has 1 aromatic heterocycles. The van der Waals surface area contributed by atoms with Gasteiger partial charge in [-0.25, -0.2) is 4.79 Å². The van der Waals surface area contributed by atoms with Crippen LogP contribution in [0, 0.1) is 0 Å². The Balaban J connectivity index is 1.86. The van der Waals surface area contributed by atoms with E-state index in [1.165, 1.54) is 4.68 Å². The van der Waals surface area contributed by atoms with Gasteiger partial charge in [-0.05, 0) is 42.5 Å². The molecule has 0 aliphatic carbocycles. The van der Waals surface area contributed by atoms with Crippen molar-refractivity contribution in [3.63, 3.8) is 0 Å². The van der Waals surface area contributed by atoms with Crippen molar-refractivity contribution in [3.05, 3.63) is 94.9 Å². The van der Waals surface area contributed by atoms with E-state index in [0.29, 0.717) is 28.0 Å². The summed E-state index contributed by atoms with van der Waals surface area (Å²) in [4.78, 5) is 25.7. The smallest absolute Gasteiger partial charge is 0.364 e. The number of esters is 1. The molecule has 0 N–H and O–H groups in total. The predicted molar refractivity (Wildman–Crippen MR) is 105 cm³/mol. The first-order valence-electron chi connectivity index (χ1n) is 8.61. The molecule has 0 unspecified atom stereocenters.